The molecule has 0 fully saturated rings. The summed E-state index contributed by atoms with van der Waals surface area (Å²) in [6, 6.07) is 9.09. The molecular weight excluding hydrogens is 260 g/mol. The quantitative estimate of drug-likeness (QED) is 0.889. The lowest BCUT2D eigenvalue weighted by molar-refractivity contribution is 0.0696. The molecule has 2 aromatic rings. The van der Waals surface area contributed by atoms with Crippen LogP contribution in [-0.2, 0) is 0 Å². The van der Waals surface area contributed by atoms with Gasteiger partial charge in [-0.15, -0.1) is 0 Å². The topological polar surface area (TPSA) is 88.5 Å². The summed E-state index contributed by atoms with van der Waals surface area (Å²) in [4.78, 5) is 26.7. The van der Waals surface area contributed by atoms with Gasteiger partial charge in [-0.05, 0) is 36.4 Å². The van der Waals surface area contributed by atoms with Gasteiger partial charge in [-0.3, -0.25) is 4.79 Å². The van der Waals surface area contributed by atoms with Crippen LogP contribution in [-0.4, -0.2) is 29.1 Å². The third-order valence-electron chi connectivity index (χ3n) is 2.60. The summed E-state index contributed by atoms with van der Waals surface area (Å²) in [5.74, 6) is -1.16. The lowest BCUT2D eigenvalue weighted by Crippen LogP contribution is -2.13. The molecule has 20 heavy (non-hydrogen) atoms. The third kappa shape index (κ3) is 2.92. The first-order valence-corrected chi connectivity index (χ1v) is 5.75. The standard InChI is InChI=1S/C14H12N2O4/c1-20-13-11(3-2-8-15-13)12(17)16-10-6-4-9(5-7-10)14(18)19/h2-8H,1H3,(H,16,17)(H,18,19). The number of nitrogens with one attached hydrogen (secondary N) is 1. The minimum atomic E-state index is -1.02. The highest BCUT2D eigenvalue weighted by molar-refractivity contribution is 6.05. The Morgan fingerprint density at radius 2 is 1.90 bits per heavy atom. The van der Waals surface area contributed by atoms with Crippen LogP contribution in [0.2, 0.25) is 0 Å². The van der Waals surface area contributed by atoms with Crippen molar-refractivity contribution in [2.75, 3.05) is 12.4 Å². The second-order valence-corrected chi connectivity index (χ2v) is 3.90. The number of pyridine rings is 1. The van der Waals surface area contributed by atoms with Crippen LogP contribution in [0, 0.1) is 0 Å². The highest BCUT2D eigenvalue weighted by Crippen LogP contribution is 2.16. The molecule has 0 saturated heterocycles. The summed E-state index contributed by atoms with van der Waals surface area (Å²) in [5, 5.41) is 11.4. The number of carboxylic acid groups (broad SMARTS) is 1. The van der Waals surface area contributed by atoms with Gasteiger partial charge in [0.2, 0.25) is 5.88 Å². The van der Waals surface area contributed by atoms with Gasteiger partial charge in [-0.25, -0.2) is 9.78 Å². The second kappa shape index (κ2) is 5.83. The monoisotopic (exact) mass is 272 g/mol. The van der Waals surface area contributed by atoms with E-state index in [1.807, 2.05) is 0 Å². The Kier molecular flexibility index (Phi) is 3.95. The molecule has 0 aliphatic carbocycles. The van der Waals surface area contributed by atoms with Crippen LogP contribution in [0.25, 0.3) is 0 Å². The lowest BCUT2D eigenvalue weighted by Gasteiger charge is -2.08. The predicted molar refractivity (Wildman–Crippen MR) is 72.1 cm³/mol. The fourth-order valence-corrected chi connectivity index (χ4v) is 1.62. The zero-order valence-corrected chi connectivity index (χ0v) is 10.7. The Labute approximate surface area is 115 Å². The molecule has 0 aliphatic heterocycles. The van der Waals surface area contributed by atoms with Gasteiger partial charge in [0.1, 0.15) is 5.56 Å². The van der Waals surface area contributed by atoms with Crippen molar-refractivity contribution >= 4 is 17.6 Å². The molecule has 0 spiro atoms. The molecule has 6 heteroatoms. The Hall–Kier alpha value is -2.89. The van der Waals surface area contributed by atoms with Gasteiger partial charge in [0.15, 0.2) is 0 Å². The number of carbonyl (C=O) groups excluding carboxylic acids is 1. The molecule has 1 aromatic heterocycles. The maximum atomic E-state index is 12.1. The Morgan fingerprint density at radius 3 is 2.50 bits per heavy atom. The number of aromatic nitrogens is 1. The summed E-state index contributed by atoms with van der Waals surface area (Å²) in [5.41, 5.74) is 0.949. The number of nitrogens with zero attached hydrogens (tertiary/aromatic N) is 1. The fraction of sp³-hybridized carbons (Fsp3) is 0.0714. The van der Waals surface area contributed by atoms with Gasteiger partial charge in [0.25, 0.3) is 5.91 Å². The second-order valence-electron chi connectivity index (χ2n) is 3.90. The molecule has 1 amide bonds. The van der Waals surface area contributed by atoms with E-state index in [1.54, 1.807) is 12.1 Å². The van der Waals surface area contributed by atoms with E-state index in [1.165, 1.54) is 37.6 Å². The highest BCUT2D eigenvalue weighted by Gasteiger charge is 2.13. The van der Waals surface area contributed by atoms with Gasteiger partial charge in [0, 0.05) is 11.9 Å². The van der Waals surface area contributed by atoms with Gasteiger partial charge >= 0.3 is 5.97 Å². The first-order valence-electron chi connectivity index (χ1n) is 5.75. The van der Waals surface area contributed by atoms with E-state index in [2.05, 4.69) is 10.3 Å². The minimum absolute atomic E-state index is 0.155. The van der Waals surface area contributed by atoms with Crippen molar-refractivity contribution in [3.63, 3.8) is 0 Å². The van der Waals surface area contributed by atoms with E-state index in [9.17, 15) is 9.59 Å². The Balaban J connectivity index is 2.17. The molecule has 0 unspecified atom stereocenters. The van der Waals surface area contributed by atoms with Crippen LogP contribution >= 0.6 is 0 Å². The number of carboxylic acids is 1. The molecule has 0 bridgehead atoms. The van der Waals surface area contributed by atoms with Gasteiger partial charge in [0.05, 0.1) is 12.7 Å². The molecule has 6 nitrogen and oxygen atoms in total. The molecular formula is C14H12N2O4. The molecule has 0 atom stereocenters. The van der Waals surface area contributed by atoms with Crippen LogP contribution in [0.1, 0.15) is 20.7 Å². The van der Waals surface area contributed by atoms with Gasteiger partial charge in [-0.2, -0.15) is 0 Å². The number of hydrogen-bond donors (Lipinski definition) is 2. The van der Waals surface area contributed by atoms with Crippen LogP contribution in [0.4, 0.5) is 5.69 Å². The van der Waals surface area contributed by atoms with Crippen molar-refractivity contribution < 1.29 is 19.4 Å². The largest absolute Gasteiger partial charge is 0.480 e. The number of rotatable bonds is 4. The van der Waals surface area contributed by atoms with Crippen molar-refractivity contribution in [3.8, 4) is 5.88 Å². The third-order valence-corrected chi connectivity index (χ3v) is 2.60. The van der Waals surface area contributed by atoms with Crippen molar-refractivity contribution in [2.45, 2.75) is 0 Å². The van der Waals surface area contributed by atoms with E-state index in [4.69, 9.17) is 9.84 Å². The number of hydrogen-bond acceptors (Lipinski definition) is 4. The molecule has 2 rings (SSSR count). The summed E-state index contributed by atoms with van der Waals surface area (Å²) in [7, 11) is 1.43. The van der Waals surface area contributed by atoms with E-state index in [-0.39, 0.29) is 17.4 Å². The number of benzene rings is 1. The molecule has 1 aromatic carbocycles. The molecule has 102 valence electrons. The summed E-state index contributed by atoms with van der Waals surface area (Å²) in [6.07, 6.45) is 1.53. The first kappa shape index (κ1) is 13.5. The molecule has 0 radical (unpaired) electrons. The maximum absolute atomic E-state index is 12.1. The van der Waals surface area contributed by atoms with Crippen molar-refractivity contribution in [3.05, 3.63) is 53.7 Å². The van der Waals surface area contributed by atoms with Crippen LogP contribution < -0.4 is 10.1 Å². The summed E-state index contributed by atoms with van der Waals surface area (Å²) < 4.78 is 5.01. The lowest BCUT2D eigenvalue weighted by atomic mass is 10.2. The van der Waals surface area contributed by atoms with Crippen LogP contribution in [0.15, 0.2) is 42.6 Å². The zero-order chi connectivity index (χ0) is 14.5. The molecule has 0 saturated carbocycles. The number of aromatic carboxylic acids is 1. The first-order chi connectivity index (χ1) is 9.61. The number of ether oxygens (including phenoxy) is 1. The van der Waals surface area contributed by atoms with Crippen LogP contribution in [0.3, 0.4) is 0 Å². The number of anilines is 1. The van der Waals surface area contributed by atoms with Crippen molar-refractivity contribution in [2.24, 2.45) is 0 Å². The van der Waals surface area contributed by atoms with Gasteiger partial charge < -0.3 is 15.2 Å². The fourth-order valence-electron chi connectivity index (χ4n) is 1.62. The minimum Gasteiger partial charge on any atom is -0.480 e. The molecule has 0 aliphatic rings. The maximum Gasteiger partial charge on any atom is 0.335 e. The van der Waals surface area contributed by atoms with Crippen molar-refractivity contribution in [1.29, 1.82) is 0 Å². The average Bonchev–Trinajstić information content (AvgIpc) is 2.47. The number of carbonyl (C=O) groups is 2. The number of methoxy groups -OCH3 is 1. The average molecular weight is 272 g/mol. The predicted octanol–water partition coefficient (Wildman–Crippen LogP) is 2.04. The molecule has 2 N–H and O–H groups in total. The zero-order valence-electron chi connectivity index (χ0n) is 10.7. The summed E-state index contributed by atoms with van der Waals surface area (Å²) in [6.45, 7) is 0. The summed E-state index contributed by atoms with van der Waals surface area (Å²) >= 11 is 0. The van der Waals surface area contributed by atoms with E-state index < -0.39 is 5.97 Å². The normalized spacial score (nSPS) is 9.85. The number of amides is 1. The van der Waals surface area contributed by atoms with E-state index >= 15 is 0 Å². The van der Waals surface area contributed by atoms with E-state index in [0.29, 0.717) is 11.3 Å². The Morgan fingerprint density at radius 1 is 1.20 bits per heavy atom. The van der Waals surface area contributed by atoms with Crippen molar-refractivity contribution in [1.82, 2.24) is 4.98 Å². The SMILES string of the molecule is COc1ncccc1C(=O)Nc1ccc(C(=O)O)cc1. The van der Waals surface area contributed by atoms with Crippen LogP contribution in [0.5, 0.6) is 5.88 Å². The van der Waals surface area contributed by atoms with Gasteiger partial charge in [-0.1, -0.05) is 0 Å². The molecule has 1 heterocycles. The highest BCUT2D eigenvalue weighted by atomic mass is 16.5. The van der Waals surface area contributed by atoms with E-state index in [0.717, 1.165) is 0 Å². The smallest absolute Gasteiger partial charge is 0.335 e. The Bertz CT molecular complexity index is 638.